The Hall–Kier alpha value is -0.260. The second kappa shape index (κ2) is 3.15. The molecule has 0 heteroatoms. The van der Waals surface area contributed by atoms with Crippen LogP contribution in [-0.2, 0) is 0 Å². The molecule has 2 aliphatic carbocycles. The minimum absolute atomic E-state index is 0.598. The molecule has 0 aliphatic heterocycles. The number of hydrogen-bond donors (Lipinski definition) is 0. The zero-order valence-corrected chi connectivity index (χ0v) is 9.22. The van der Waals surface area contributed by atoms with Gasteiger partial charge in [0.25, 0.3) is 0 Å². The molecule has 0 aromatic carbocycles. The summed E-state index contributed by atoms with van der Waals surface area (Å²) >= 11 is 0. The summed E-state index contributed by atoms with van der Waals surface area (Å²) in [7, 11) is 0. The van der Waals surface area contributed by atoms with E-state index in [0.717, 1.165) is 17.8 Å². The van der Waals surface area contributed by atoms with Crippen molar-refractivity contribution in [3.8, 4) is 0 Å². The van der Waals surface area contributed by atoms with Crippen molar-refractivity contribution in [2.75, 3.05) is 0 Å². The van der Waals surface area contributed by atoms with Gasteiger partial charge >= 0.3 is 0 Å². The summed E-state index contributed by atoms with van der Waals surface area (Å²) in [5, 5.41) is 0. The minimum atomic E-state index is 0.598. The van der Waals surface area contributed by atoms with E-state index in [1.807, 2.05) is 0 Å². The van der Waals surface area contributed by atoms with Crippen LogP contribution in [-0.4, -0.2) is 0 Å². The highest BCUT2D eigenvalue weighted by Gasteiger charge is 2.48. The molecule has 0 aromatic rings. The lowest BCUT2D eigenvalue weighted by atomic mass is 9.68. The number of hydrogen-bond acceptors (Lipinski definition) is 0. The Morgan fingerprint density at radius 1 is 1.54 bits per heavy atom. The summed E-state index contributed by atoms with van der Waals surface area (Å²) in [5.41, 5.74) is 0.598. The summed E-state index contributed by atoms with van der Waals surface area (Å²) in [6.45, 7) is 7.22. The van der Waals surface area contributed by atoms with E-state index in [4.69, 9.17) is 0 Å². The molecular formula is C13H22. The zero-order valence-electron chi connectivity index (χ0n) is 9.22. The molecule has 2 rings (SSSR count). The Morgan fingerprint density at radius 3 is 2.77 bits per heavy atom. The Balaban J connectivity index is 2.15. The summed E-state index contributed by atoms with van der Waals surface area (Å²) in [6.07, 6.45) is 10.7. The van der Waals surface area contributed by atoms with Crippen molar-refractivity contribution >= 4 is 0 Å². The van der Waals surface area contributed by atoms with Crippen LogP contribution in [0, 0.1) is 23.2 Å². The number of fused-ring (bicyclic) bond motifs is 2. The lowest BCUT2D eigenvalue weighted by Crippen LogP contribution is -2.28. The maximum Gasteiger partial charge on any atom is -0.00611 e. The van der Waals surface area contributed by atoms with Gasteiger partial charge in [0.05, 0.1) is 0 Å². The largest absolute Gasteiger partial charge is 0.0848 e. The highest BCUT2D eigenvalue weighted by Crippen LogP contribution is 2.57. The van der Waals surface area contributed by atoms with Crippen LogP contribution in [0.1, 0.15) is 46.5 Å². The van der Waals surface area contributed by atoms with Crippen LogP contribution in [0.25, 0.3) is 0 Å². The number of rotatable bonds is 3. The predicted octanol–water partition coefficient (Wildman–Crippen LogP) is 4.02. The van der Waals surface area contributed by atoms with Gasteiger partial charge in [0.2, 0.25) is 0 Å². The molecule has 1 saturated carbocycles. The van der Waals surface area contributed by atoms with Gasteiger partial charge in [0, 0.05) is 0 Å². The normalized spacial score (nSPS) is 44.2. The molecule has 0 amide bonds. The highest BCUT2D eigenvalue weighted by atomic mass is 14.5. The lowest BCUT2D eigenvalue weighted by molar-refractivity contribution is 0.180. The van der Waals surface area contributed by atoms with Crippen molar-refractivity contribution in [3.63, 3.8) is 0 Å². The molecule has 2 bridgehead atoms. The van der Waals surface area contributed by atoms with Crippen LogP contribution >= 0.6 is 0 Å². The van der Waals surface area contributed by atoms with Crippen molar-refractivity contribution in [1.82, 2.24) is 0 Å². The fourth-order valence-electron chi connectivity index (χ4n) is 3.66. The maximum atomic E-state index is 2.55. The molecular weight excluding hydrogens is 156 g/mol. The van der Waals surface area contributed by atoms with E-state index in [2.05, 4.69) is 32.9 Å². The van der Waals surface area contributed by atoms with Gasteiger partial charge in [-0.2, -0.15) is 0 Å². The molecule has 0 heterocycles. The molecule has 0 aromatic heterocycles. The SMILES string of the molecule is CCCC(C)C12C=CC(CC1C)C2. The Morgan fingerprint density at radius 2 is 2.31 bits per heavy atom. The van der Waals surface area contributed by atoms with Crippen LogP contribution < -0.4 is 0 Å². The fourth-order valence-corrected chi connectivity index (χ4v) is 3.66. The molecule has 0 spiro atoms. The van der Waals surface area contributed by atoms with E-state index in [-0.39, 0.29) is 0 Å². The van der Waals surface area contributed by atoms with Crippen molar-refractivity contribution in [1.29, 1.82) is 0 Å². The van der Waals surface area contributed by atoms with Gasteiger partial charge in [-0.15, -0.1) is 0 Å². The van der Waals surface area contributed by atoms with Crippen molar-refractivity contribution < 1.29 is 0 Å². The zero-order chi connectivity index (χ0) is 9.47. The summed E-state index contributed by atoms with van der Waals surface area (Å²) in [6, 6.07) is 0. The first kappa shape index (κ1) is 9.30. The summed E-state index contributed by atoms with van der Waals surface area (Å²) in [4.78, 5) is 0. The van der Waals surface area contributed by atoms with Gasteiger partial charge in [-0.05, 0) is 36.0 Å². The minimum Gasteiger partial charge on any atom is -0.0848 e. The quantitative estimate of drug-likeness (QED) is 0.572. The fraction of sp³-hybridized carbons (Fsp3) is 0.846. The van der Waals surface area contributed by atoms with Gasteiger partial charge in [0.15, 0.2) is 0 Å². The highest BCUT2D eigenvalue weighted by molar-refractivity contribution is 5.19. The Labute approximate surface area is 82.4 Å². The first-order chi connectivity index (χ1) is 6.19. The van der Waals surface area contributed by atoms with Crippen molar-refractivity contribution in [2.24, 2.45) is 23.2 Å². The third-order valence-corrected chi connectivity index (χ3v) is 4.51. The van der Waals surface area contributed by atoms with E-state index in [1.165, 1.54) is 25.7 Å². The Kier molecular flexibility index (Phi) is 2.25. The monoisotopic (exact) mass is 178 g/mol. The second-order valence-electron chi connectivity index (χ2n) is 5.26. The van der Waals surface area contributed by atoms with Crippen LogP contribution in [0.2, 0.25) is 0 Å². The van der Waals surface area contributed by atoms with Gasteiger partial charge < -0.3 is 0 Å². The van der Waals surface area contributed by atoms with Crippen LogP contribution in [0.15, 0.2) is 12.2 Å². The molecule has 0 radical (unpaired) electrons. The molecule has 4 atom stereocenters. The molecule has 0 nitrogen and oxygen atoms in total. The van der Waals surface area contributed by atoms with E-state index in [9.17, 15) is 0 Å². The predicted molar refractivity (Wildman–Crippen MR) is 57.5 cm³/mol. The van der Waals surface area contributed by atoms with Crippen LogP contribution in [0.5, 0.6) is 0 Å². The van der Waals surface area contributed by atoms with Crippen molar-refractivity contribution in [3.05, 3.63) is 12.2 Å². The lowest BCUT2D eigenvalue weighted by Gasteiger charge is -2.36. The first-order valence-electron chi connectivity index (χ1n) is 5.88. The Bertz CT molecular complexity index is 216. The molecule has 4 unspecified atom stereocenters. The standard InChI is InChI=1S/C13H22/c1-4-5-10(2)13-7-6-12(9-13)8-11(13)3/h6-7,10-12H,4-5,8-9H2,1-3H3. The van der Waals surface area contributed by atoms with Crippen LogP contribution in [0.4, 0.5) is 0 Å². The second-order valence-corrected chi connectivity index (χ2v) is 5.26. The smallest absolute Gasteiger partial charge is 0.00611 e. The summed E-state index contributed by atoms with van der Waals surface area (Å²) in [5.74, 6) is 2.76. The molecule has 2 aliphatic rings. The van der Waals surface area contributed by atoms with E-state index < -0.39 is 0 Å². The third-order valence-electron chi connectivity index (χ3n) is 4.51. The molecule has 74 valence electrons. The van der Waals surface area contributed by atoms with Gasteiger partial charge in [-0.1, -0.05) is 45.8 Å². The number of allylic oxidation sites excluding steroid dienone is 2. The van der Waals surface area contributed by atoms with E-state index >= 15 is 0 Å². The molecule has 1 fully saturated rings. The average Bonchev–Trinajstić information content (AvgIpc) is 2.62. The van der Waals surface area contributed by atoms with Gasteiger partial charge in [0.1, 0.15) is 0 Å². The van der Waals surface area contributed by atoms with Gasteiger partial charge in [-0.25, -0.2) is 0 Å². The van der Waals surface area contributed by atoms with Crippen LogP contribution in [0.3, 0.4) is 0 Å². The molecule has 13 heavy (non-hydrogen) atoms. The molecule has 0 N–H and O–H groups in total. The summed E-state index contributed by atoms with van der Waals surface area (Å²) < 4.78 is 0. The molecule has 0 saturated heterocycles. The van der Waals surface area contributed by atoms with E-state index in [0.29, 0.717) is 5.41 Å². The van der Waals surface area contributed by atoms with E-state index in [1.54, 1.807) is 0 Å². The van der Waals surface area contributed by atoms with Gasteiger partial charge in [-0.3, -0.25) is 0 Å². The first-order valence-corrected chi connectivity index (χ1v) is 5.88. The third kappa shape index (κ3) is 1.26. The topological polar surface area (TPSA) is 0 Å². The maximum absolute atomic E-state index is 2.55. The average molecular weight is 178 g/mol. The van der Waals surface area contributed by atoms with Crippen molar-refractivity contribution in [2.45, 2.75) is 46.5 Å².